The molecule has 1 N–H and O–H groups in total. The zero-order valence-corrected chi connectivity index (χ0v) is 12.5. The third kappa shape index (κ3) is 3.29. The van der Waals surface area contributed by atoms with Crippen molar-refractivity contribution in [1.82, 2.24) is 9.97 Å². The van der Waals surface area contributed by atoms with Crippen LogP contribution < -0.4 is 5.32 Å². The maximum atomic E-state index is 13.6. The summed E-state index contributed by atoms with van der Waals surface area (Å²) in [6.07, 6.45) is 0.812. The van der Waals surface area contributed by atoms with E-state index in [1.165, 1.54) is 6.07 Å². The predicted molar refractivity (Wildman–Crippen MR) is 78.7 cm³/mol. The lowest BCUT2D eigenvalue weighted by Gasteiger charge is -2.08. The molecule has 0 atom stereocenters. The monoisotopic (exact) mass is 323 g/mol. The first kappa shape index (κ1) is 13.9. The van der Waals surface area contributed by atoms with Crippen molar-refractivity contribution in [3.8, 4) is 11.4 Å². The molecule has 1 aromatic heterocycles. The quantitative estimate of drug-likeness (QED) is 0.922. The van der Waals surface area contributed by atoms with Crippen molar-refractivity contribution in [3.63, 3.8) is 0 Å². The number of aromatic nitrogens is 2. The number of benzene rings is 1. The zero-order chi connectivity index (χ0) is 13.8. The minimum Gasteiger partial charge on any atom is -0.370 e. The maximum absolute atomic E-state index is 13.6. The molecule has 3 nitrogen and oxygen atoms in total. The number of aryl methyl sites for hydroxylation is 1. The van der Waals surface area contributed by atoms with Gasteiger partial charge in [0.05, 0.1) is 4.47 Å². The van der Waals surface area contributed by atoms with Crippen LogP contribution in [0.2, 0.25) is 0 Å². The lowest BCUT2D eigenvalue weighted by Crippen LogP contribution is -2.03. The number of nitrogens with one attached hydrogen (secondary N) is 1. The van der Waals surface area contributed by atoms with Crippen LogP contribution in [0.1, 0.15) is 19.5 Å². The van der Waals surface area contributed by atoms with E-state index in [0.717, 1.165) is 24.5 Å². The fourth-order valence-electron chi connectivity index (χ4n) is 1.71. The van der Waals surface area contributed by atoms with E-state index < -0.39 is 0 Å². The smallest absolute Gasteiger partial charge is 0.161 e. The Morgan fingerprint density at radius 3 is 2.63 bits per heavy atom. The van der Waals surface area contributed by atoms with Crippen LogP contribution in [-0.4, -0.2) is 16.5 Å². The highest BCUT2D eigenvalue weighted by atomic mass is 79.9. The lowest BCUT2D eigenvalue weighted by molar-refractivity contribution is 0.621. The van der Waals surface area contributed by atoms with E-state index in [4.69, 9.17) is 0 Å². The van der Waals surface area contributed by atoms with E-state index >= 15 is 0 Å². The minimum atomic E-state index is -0.312. The Kier molecular flexibility index (Phi) is 4.47. The van der Waals surface area contributed by atoms with Gasteiger partial charge in [-0.05, 0) is 47.5 Å². The van der Waals surface area contributed by atoms with Crippen LogP contribution in [0.3, 0.4) is 0 Å². The van der Waals surface area contributed by atoms with Gasteiger partial charge in [0.25, 0.3) is 0 Å². The van der Waals surface area contributed by atoms with Crippen LogP contribution in [0, 0.1) is 5.82 Å². The molecule has 0 saturated heterocycles. The highest BCUT2D eigenvalue weighted by Gasteiger charge is 2.08. The number of hydrogen-bond acceptors (Lipinski definition) is 3. The van der Waals surface area contributed by atoms with E-state index in [-0.39, 0.29) is 5.82 Å². The van der Waals surface area contributed by atoms with Gasteiger partial charge in [-0.1, -0.05) is 6.92 Å². The standard InChI is InChI=1S/C14H15BrFN3/c1-3-10-8-13(17-4-2)19-14(18-10)9-5-6-11(15)12(16)7-9/h5-8H,3-4H2,1-2H3,(H,17,18,19). The van der Waals surface area contributed by atoms with E-state index in [2.05, 4.69) is 31.2 Å². The Bertz CT molecular complexity index is 587. The van der Waals surface area contributed by atoms with E-state index in [1.807, 2.05) is 19.9 Å². The summed E-state index contributed by atoms with van der Waals surface area (Å²) in [4.78, 5) is 8.85. The van der Waals surface area contributed by atoms with Crippen LogP contribution in [0.15, 0.2) is 28.7 Å². The van der Waals surface area contributed by atoms with Gasteiger partial charge in [0, 0.05) is 23.9 Å². The van der Waals surface area contributed by atoms with Gasteiger partial charge in [-0.3, -0.25) is 0 Å². The Hall–Kier alpha value is -1.49. The zero-order valence-electron chi connectivity index (χ0n) is 10.9. The first-order chi connectivity index (χ1) is 9.13. The van der Waals surface area contributed by atoms with Crippen molar-refractivity contribution in [2.24, 2.45) is 0 Å². The Morgan fingerprint density at radius 2 is 2.00 bits per heavy atom. The number of hydrogen-bond donors (Lipinski definition) is 1. The summed E-state index contributed by atoms with van der Waals surface area (Å²) in [5.41, 5.74) is 1.61. The highest BCUT2D eigenvalue weighted by molar-refractivity contribution is 9.10. The molecular weight excluding hydrogens is 309 g/mol. The minimum absolute atomic E-state index is 0.312. The summed E-state index contributed by atoms with van der Waals surface area (Å²) in [6, 6.07) is 6.83. The Balaban J connectivity index is 2.47. The summed E-state index contributed by atoms with van der Waals surface area (Å²) in [5.74, 6) is 1.00. The van der Waals surface area contributed by atoms with Crippen molar-refractivity contribution in [2.75, 3.05) is 11.9 Å². The van der Waals surface area contributed by atoms with Gasteiger partial charge in [-0.15, -0.1) is 0 Å². The second-order valence-electron chi connectivity index (χ2n) is 4.08. The van der Waals surface area contributed by atoms with Gasteiger partial charge in [-0.2, -0.15) is 0 Å². The summed E-state index contributed by atoms with van der Waals surface area (Å²) in [7, 11) is 0. The first-order valence-corrected chi connectivity index (χ1v) is 7.00. The van der Waals surface area contributed by atoms with E-state index in [9.17, 15) is 4.39 Å². The van der Waals surface area contributed by atoms with E-state index in [1.54, 1.807) is 12.1 Å². The lowest BCUT2D eigenvalue weighted by atomic mass is 10.2. The van der Waals surface area contributed by atoms with Gasteiger partial charge in [0.2, 0.25) is 0 Å². The summed E-state index contributed by atoms with van der Waals surface area (Å²) in [6.45, 7) is 4.82. The molecular formula is C14H15BrFN3. The third-order valence-electron chi connectivity index (χ3n) is 2.68. The van der Waals surface area contributed by atoms with E-state index in [0.29, 0.717) is 15.9 Å². The summed E-state index contributed by atoms with van der Waals surface area (Å²) in [5, 5.41) is 3.16. The summed E-state index contributed by atoms with van der Waals surface area (Å²) >= 11 is 3.14. The maximum Gasteiger partial charge on any atom is 0.161 e. The molecule has 0 amide bonds. The first-order valence-electron chi connectivity index (χ1n) is 6.21. The van der Waals surface area contributed by atoms with Crippen LogP contribution in [0.4, 0.5) is 10.2 Å². The topological polar surface area (TPSA) is 37.8 Å². The number of nitrogens with zero attached hydrogens (tertiary/aromatic N) is 2. The van der Waals surface area contributed by atoms with Crippen molar-refractivity contribution in [3.05, 3.63) is 40.2 Å². The second kappa shape index (κ2) is 6.10. The van der Waals surface area contributed by atoms with Gasteiger partial charge >= 0.3 is 0 Å². The molecule has 0 aliphatic heterocycles. The molecule has 100 valence electrons. The fraction of sp³-hybridized carbons (Fsp3) is 0.286. The molecule has 0 fully saturated rings. The van der Waals surface area contributed by atoms with Crippen LogP contribution in [0.5, 0.6) is 0 Å². The number of halogens is 2. The molecule has 5 heteroatoms. The van der Waals surface area contributed by atoms with Gasteiger partial charge in [0.15, 0.2) is 5.82 Å². The third-order valence-corrected chi connectivity index (χ3v) is 3.32. The van der Waals surface area contributed by atoms with Crippen molar-refractivity contribution in [2.45, 2.75) is 20.3 Å². The molecule has 1 heterocycles. The summed E-state index contributed by atoms with van der Waals surface area (Å²) < 4.78 is 14.0. The molecule has 0 aliphatic carbocycles. The van der Waals surface area contributed by atoms with Gasteiger partial charge in [0.1, 0.15) is 11.6 Å². The Labute approximate surface area is 120 Å². The molecule has 2 rings (SSSR count). The van der Waals surface area contributed by atoms with Crippen LogP contribution >= 0.6 is 15.9 Å². The normalized spacial score (nSPS) is 10.5. The van der Waals surface area contributed by atoms with Crippen molar-refractivity contribution in [1.29, 1.82) is 0 Å². The number of rotatable bonds is 4. The molecule has 0 unspecified atom stereocenters. The van der Waals surface area contributed by atoms with Crippen molar-refractivity contribution >= 4 is 21.7 Å². The van der Waals surface area contributed by atoms with Crippen molar-refractivity contribution < 1.29 is 4.39 Å². The van der Waals surface area contributed by atoms with Gasteiger partial charge < -0.3 is 5.32 Å². The van der Waals surface area contributed by atoms with Crippen LogP contribution in [0.25, 0.3) is 11.4 Å². The second-order valence-corrected chi connectivity index (χ2v) is 4.94. The Morgan fingerprint density at radius 1 is 1.21 bits per heavy atom. The van der Waals surface area contributed by atoms with Gasteiger partial charge in [-0.25, -0.2) is 14.4 Å². The highest BCUT2D eigenvalue weighted by Crippen LogP contribution is 2.23. The average Bonchev–Trinajstić information content (AvgIpc) is 2.42. The van der Waals surface area contributed by atoms with Crippen LogP contribution in [-0.2, 0) is 6.42 Å². The average molecular weight is 324 g/mol. The molecule has 0 saturated carbocycles. The molecule has 2 aromatic rings. The molecule has 0 bridgehead atoms. The number of anilines is 1. The molecule has 0 aliphatic rings. The molecule has 19 heavy (non-hydrogen) atoms. The molecule has 0 spiro atoms. The molecule has 0 radical (unpaired) electrons. The predicted octanol–water partition coefficient (Wildman–Crippen LogP) is 4.04. The largest absolute Gasteiger partial charge is 0.370 e. The SMILES string of the molecule is CCNc1cc(CC)nc(-c2ccc(Br)c(F)c2)n1. The molecule has 1 aromatic carbocycles. The fourth-order valence-corrected chi connectivity index (χ4v) is 1.96.